The van der Waals surface area contributed by atoms with Crippen LogP contribution in [0.1, 0.15) is 26.2 Å². The van der Waals surface area contributed by atoms with Gasteiger partial charge in [-0.1, -0.05) is 13.3 Å². The number of hydrogen-bond donors (Lipinski definition) is 0. The molecule has 0 aromatic heterocycles. The maximum absolute atomic E-state index is 2.40. The van der Waals surface area contributed by atoms with Crippen LogP contribution in [0.2, 0.25) is 0 Å². The van der Waals surface area contributed by atoms with Gasteiger partial charge in [0, 0.05) is 0 Å². The van der Waals surface area contributed by atoms with E-state index in [2.05, 4.69) is 6.92 Å². The average Bonchev–Trinajstić information content (AvgIpc) is 2.33. The molecular weight excluding hydrogens is 84.1 g/mol. The lowest BCUT2D eigenvalue weighted by molar-refractivity contribution is 0.530. The van der Waals surface area contributed by atoms with E-state index in [0.717, 1.165) is 5.92 Å². The molecule has 0 aromatic carbocycles. The smallest absolute Gasteiger partial charge is 0.0357 e. The maximum Gasteiger partial charge on any atom is -0.0357 e. The molecule has 7 heavy (non-hydrogen) atoms. The monoisotopic (exact) mass is 96.1 g/mol. The van der Waals surface area contributed by atoms with Crippen molar-refractivity contribution in [2.45, 2.75) is 26.2 Å². The molecule has 2 fully saturated rings. The van der Waals surface area contributed by atoms with E-state index in [1.165, 1.54) is 18.3 Å². The molecule has 0 aliphatic heterocycles. The molecule has 0 N–H and O–H groups in total. The Morgan fingerprint density at radius 1 is 1.29 bits per heavy atom. The third kappa shape index (κ3) is 0.427. The summed E-state index contributed by atoms with van der Waals surface area (Å²) in [6.45, 7) is 2.40. The molecule has 0 heteroatoms. The summed E-state index contributed by atoms with van der Waals surface area (Å²) in [6.07, 6.45) is 4.64. The van der Waals surface area contributed by atoms with E-state index in [4.69, 9.17) is 0 Å². The predicted molar refractivity (Wildman–Crippen MR) is 30.0 cm³/mol. The SMILES string of the molecule is CC1CC[C@@H]2CC12. The van der Waals surface area contributed by atoms with Crippen molar-refractivity contribution in [3.63, 3.8) is 0 Å². The van der Waals surface area contributed by atoms with Gasteiger partial charge in [0.25, 0.3) is 0 Å². The highest BCUT2D eigenvalue weighted by Gasteiger charge is 2.45. The van der Waals surface area contributed by atoms with Gasteiger partial charge in [0.1, 0.15) is 0 Å². The molecule has 0 aromatic rings. The predicted octanol–water partition coefficient (Wildman–Crippen LogP) is 2.05. The van der Waals surface area contributed by atoms with Gasteiger partial charge >= 0.3 is 0 Å². The lowest BCUT2D eigenvalue weighted by Crippen LogP contribution is -1.88. The Kier molecular flexibility index (Phi) is 0.586. The molecule has 0 saturated heterocycles. The van der Waals surface area contributed by atoms with E-state index in [9.17, 15) is 0 Å². The third-order valence-electron chi connectivity index (χ3n) is 2.70. The Hall–Kier alpha value is 0. The molecular formula is C7H12. The molecule has 0 radical (unpaired) electrons. The summed E-state index contributed by atoms with van der Waals surface area (Å²) in [5.74, 6) is 3.46. The first-order valence-corrected chi connectivity index (χ1v) is 3.38. The summed E-state index contributed by atoms with van der Waals surface area (Å²) < 4.78 is 0. The van der Waals surface area contributed by atoms with Crippen molar-refractivity contribution in [2.75, 3.05) is 0 Å². The second-order valence-electron chi connectivity index (χ2n) is 3.21. The molecule has 2 unspecified atom stereocenters. The van der Waals surface area contributed by atoms with Crippen LogP contribution in [0.15, 0.2) is 0 Å². The first-order valence-electron chi connectivity index (χ1n) is 3.38. The highest BCUT2D eigenvalue weighted by atomic mass is 14.5. The van der Waals surface area contributed by atoms with Crippen LogP contribution in [-0.2, 0) is 0 Å². The molecule has 3 atom stereocenters. The molecule has 0 nitrogen and oxygen atoms in total. The second-order valence-corrected chi connectivity index (χ2v) is 3.21. The molecule has 2 rings (SSSR count). The summed E-state index contributed by atoms with van der Waals surface area (Å²) in [7, 11) is 0. The van der Waals surface area contributed by atoms with Crippen LogP contribution in [0.3, 0.4) is 0 Å². The van der Waals surface area contributed by atoms with Crippen molar-refractivity contribution in [3.8, 4) is 0 Å². The minimum Gasteiger partial charge on any atom is -0.0622 e. The molecule has 0 bridgehead atoms. The van der Waals surface area contributed by atoms with Crippen molar-refractivity contribution in [1.29, 1.82) is 0 Å². The fourth-order valence-electron chi connectivity index (χ4n) is 1.99. The van der Waals surface area contributed by atoms with Gasteiger partial charge in [-0.25, -0.2) is 0 Å². The van der Waals surface area contributed by atoms with Gasteiger partial charge < -0.3 is 0 Å². The quantitative estimate of drug-likeness (QED) is 0.433. The van der Waals surface area contributed by atoms with Crippen LogP contribution in [-0.4, -0.2) is 0 Å². The standard InChI is InChI=1S/C7H12/c1-5-2-3-6-4-7(5)6/h5-7H,2-4H2,1H3/t5?,6-,7?/m1/s1. The summed E-state index contributed by atoms with van der Waals surface area (Å²) in [4.78, 5) is 0. The van der Waals surface area contributed by atoms with Crippen molar-refractivity contribution in [2.24, 2.45) is 17.8 Å². The summed E-state index contributed by atoms with van der Waals surface area (Å²) in [6, 6.07) is 0. The van der Waals surface area contributed by atoms with E-state index in [1.54, 1.807) is 12.8 Å². The molecule has 2 aliphatic rings. The van der Waals surface area contributed by atoms with E-state index < -0.39 is 0 Å². The minimum absolute atomic E-state index is 1.09. The van der Waals surface area contributed by atoms with Crippen LogP contribution in [0, 0.1) is 17.8 Å². The Bertz CT molecular complexity index is 86.0. The second kappa shape index (κ2) is 1.04. The zero-order chi connectivity index (χ0) is 4.85. The zero-order valence-corrected chi connectivity index (χ0v) is 4.85. The van der Waals surface area contributed by atoms with Crippen LogP contribution in [0.4, 0.5) is 0 Å². The highest BCUT2D eigenvalue weighted by molar-refractivity contribution is 4.95. The number of fused-ring (bicyclic) bond motifs is 1. The largest absolute Gasteiger partial charge is 0.0622 e. The molecule has 2 aliphatic carbocycles. The van der Waals surface area contributed by atoms with Crippen LogP contribution >= 0.6 is 0 Å². The Morgan fingerprint density at radius 3 is 2.29 bits per heavy atom. The summed E-state index contributed by atoms with van der Waals surface area (Å²) in [5, 5.41) is 0. The van der Waals surface area contributed by atoms with Crippen LogP contribution in [0.25, 0.3) is 0 Å². The normalized spacial score (nSPS) is 57.0. The maximum atomic E-state index is 2.40. The van der Waals surface area contributed by atoms with Gasteiger partial charge in [0.15, 0.2) is 0 Å². The molecule has 0 heterocycles. The van der Waals surface area contributed by atoms with E-state index in [1.807, 2.05) is 0 Å². The summed E-state index contributed by atoms with van der Waals surface area (Å²) in [5.41, 5.74) is 0. The lowest BCUT2D eigenvalue weighted by Gasteiger charge is -1.98. The van der Waals surface area contributed by atoms with Gasteiger partial charge in [-0.2, -0.15) is 0 Å². The Balaban J connectivity index is 2.08. The average molecular weight is 96.2 g/mol. The first-order chi connectivity index (χ1) is 3.38. The van der Waals surface area contributed by atoms with Crippen LogP contribution < -0.4 is 0 Å². The fraction of sp³-hybridized carbons (Fsp3) is 1.00. The lowest BCUT2D eigenvalue weighted by atomic mass is 10.1. The van der Waals surface area contributed by atoms with Gasteiger partial charge in [-0.15, -0.1) is 0 Å². The highest BCUT2D eigenvalue weighted by Crippen LogP contribution is 2.54. The van der Waals surface area contributed by atoms with Crippen molar-refractivity contribution >= 4 is 0 Å². The van der Waals surface area contributed by atoms with Gasteiger partial charge in [-0.3, -0.25) is 0 Å². The van der Waals surface area contributed by atoms with Gasteiger partial charge in [0.2, 0.25) is 0 Å². The Labute approximate surface area is 44.9 Å². The molecule has 2 saturated carbocycles. The molecule has 0 amide bonds. The van der Waals surface area contributed by atoms with E-state index in [-0.39, 0.29) is 0 Å². The Morgan fingerprint density at radius 2 is 2.14 bits per heavy atom. The first kappa shape index (κ1) is 3.94. The third-order valence-corrected chi connectivity index (χ3v) is 2.70. The fourth-order valence-corrected chi connectivity index (χ4v) is 1.99. The van der Waals surface area contributed by atoms with Crippen LogP contribution in [0.5, 0.6) is 0 Å². The number of rotatable bonds is 0. The molecule has 0 spiro atoms. The van der Waals surface area contributed by atoms with Gasteiger partial charge in [-0.05, 0) is 30.6 Å². The topological polar surface area (TPSA) is 0 Å². The molecule has 40 valence electrons. The van der Waals surface area contributed by atoms with E-state index >= 15 is 0 Å². The van der Waals surface area contributed by atoms with Crippen molar-refractivity contribution < 1.29 is 0 Å². The zero-order valence-electron chi connectivity index (χ0n) is 4.85. The van der Waals surface area contributed by atoms with Crippen molar-refractivity contribution in [3.05, 3.63) is 0 Å². The minimum atomic E-state index is 1.09. The van der Waals surface area contributed by atoms with E-state index in [0.29, 0.717) is 0 Å². The summed E-state index contributed by atoms with van der Waals surface area (Å²) >= 11 is 0. The number of hydrogen-bond acceptors (Lipinski definition) is 0. The van der Waals surface area contributed by atoms with Gasteiger partial charge in [0.05, 0.1) is 0 Å². The van der Waals surface area contributed by atoms with Crippen molar-refractivity contribution in [1.82, 2.24) is 0 Å².